The molecule has 7 heteroatoms. The fourth-order valence-electron chi connectivity index (χ4n) is 2.37. The molecule has 138 valence electrons. The van der Waals surface area contributed by atoms with Gasteiger partial charge < -0.3 is 20.1 Å². The van der Waals surface area contributed by atoms with Gasteiger partial charge >= 0.3 is 0 Å². The van der Waals surface area contributed by atoms with Gasteiger partial charge in [-0.05, 0) is 42.8 Å². The summed E-state index contributed by atoms with van der Waals surface area (Å²) in [6, 6.07) is 11.8. The molecule has 0 saturated carbocycles. The Morgan fingerprint density at radius 3 is 2.31 bits per heavy atom. The average molecular weight is 377 g/mol. The quantitative estimate of drug-likeness (QED) is 0.778. The van der Waals surface area contributed by atoms with Crippen molar-refractivity contribution in [1.82, 2.24) is 10.6 Å². The molecule has 2 rings (SSSR count). The highest BCUT2D eigenvalue weighted by atomic mass is 35.5. The average Bonchev–Trinajstić information content (AvgIpc) is 2.65. The topological polar surface area (TPSA) is 76.7 Å². The largest absolute Gasteiger partial charge is 0.493 e. The van der Waals surface area contributed by atoms with Crippen molar-refractivity contribution in [3.8, 4) is 11.5 Å². The van der Waals surface area contributed by atoms with E-state index in [2.05, 4.69) is 10.6 Å². The van der Waals surface area contributed by atoms with Crippen molar-refractivity contribution >= 4 is 23.4 Å². The normalized spacial score (nSPS) is 11.4. The summed E-state index contributed by atoms with van der Waals surface area (Å²) in [4.78, 5) is 24.3. The van der Waals surface area contributed by atoms with Crippen molar-refractivity contribution in [2.24, 2.45) is 0 Å². The first kappa shape index (κ1) is 19.6. The summed E-state index contributed by atoms with van der Waals surface area (Å²) in [7, 11) is 3.01. The van der Waals surface area contributed by atoms with Crippen LogP contribution in [-0.2, 0) is 4.79 Å². The third-order valence-corrected chi connectivity index (χ3v) is 4.05. The molecule has 0 fully saturated rings. The Hall–Kier alpha value is -2.73. The molecule has 0 radical (unpaired) electrons. The van der Waals surface area contributed by atoms with E-state index < -0.39 is 0 Å². The number of benzene rings is 2. The van der Waals surface area contributed by atoms with Gasteiger partial charge in [0.1, 0.15) is 0 Å². The van der Waals surface area contributed by atoms with Crippen LogP contribution in [-0.4, -0.2) is 32.6 Å². The van der Waals surface area contributed by atoms with E-state index in [1.807, 2.05) is 19.1 Å². The van der Waals surface area contributed by atoms with Crippen LogP contribution in [0.1, 0.15) is 28.9 Å². The van der Waals surface area contributed by atoms with Crippen molar-refractivity contribution in [3.63, 3.8) is 0 Å². The monoisotopic (exact) mass is 376 g/mol. The van der Waals surface area contributed by atoms with Gasteiger partial charge in [0.2, 0.25) is 5.91 Å². The van der Waals surface area contributed by atoms with Crippen LogP contribution >= 0.6 is 11.6 Å². The van der Waals surface area contributed by atoms with Gasteiger partial charge in [0, 0.05) is 10.6 Å². The van der Waals surface area contributed by atoms with Crippen LogP contribution in [0.2, 0.25) is 5.02 Å². The fraction of sp³-hybridized carbons (Fsp3) is 0.263. The van der Waals surface area contributed by atoms with Crippen LogP contribution in [0, 0.1) is 0 Å². The van der Waals surface area contributed by atoms with Gasteiger partial charge in [-0.1, -0.05) is 23.7 Å². The lowest BCUT2D eigenvalue weighted by Crippen LogP contribution is -2.38. The molecule has 0 spiro atoms. The van der Waals surface area contributed by atoms with Crippen LogP contribution in [0.5, 0.6) is 11.5 Å². The number of amides is 2. The molecule has 6 nitrogen and oxygen atoms in total. The summed E-state index contributed by atoms with van der Waals surface area (Å²) in [6.45, 7) is 1.72. The molecular formula is C19H21ClN2O4. The van der Waals surface area contributed by atoms with Crippen molar-refractivity contribution < 1.29 is 19.1 Å². The zero-order valence-electron chi connectivity index (χ0n) is 14.8. The number of carbonyl (C=O) groups excluding carboxylic acids is 2. The highest BCUT2D eigenvalue weighted by Crippen LogP contribution is 2.27. The van der Waals surface area contributed by atoms with Gasteiger partial charge in [0.15, 0.2) is 11.5 Å². The molecule has 2 aromatic rings. The first-order valence-electron chi connectivity index (χ1n) is 7.99. The van der Waals surface area contributed by atoms with E-state index >= 15 is 0 Å². The standard InChI is InChI=1S/C19H21ClN2O4/c1-12(13-4-7-15(20)8-5-13)22-18(23)11-21-19(24)14-6-9-16(25-2)17(10-14)26-3/h4-10,12H,11H2,1-3H3,(H,21,24)(H,22,23). The van der Waals surface area contributed by atoms with Gasteiger partial charge in [-0.15, -0.1) is 0 Å². The van der Waals surface area contributed by atoms with Crippen LogP contribution in [0.15, 0.2) is 42.5 Å². The molecule has 2 amide bonds. The lowest BCUT2D eigenvalue weighted by molar-refractivity contribution is -0.120. The molecule has 0 saturated heterocycles. The van der Waals surface area contributed by atoms with Crippen molar-refractivity contribution in [2.45, 2.75) is 13.0 Å². The number of nitrogens with one attached hydrogen (secondary N) is 2. The molecule has 1 atom stereocenters. The van der Waals surface area contributed by atoms with Crippen LogP contribution in [0.3, 0.4) is 0 Å². The second-order valence-corrected chi connectivity index (χ2v) is 6.03. The molecule has 0 aromatic heterocycles. The highest BCUT2D eigenvalue weighted by Gasteiger charge is 2.13. The molecule has 0 aliphatic rings. The molecule has 0 aliphatic carbocycles. The Morgan fingerprint density at radius 2 is 1.69 bits per heavy atom. The van der Waals surface area contributed by atoms with E-state index in [4.69, 9.17) is 21.1 Å². The number of ether oxygens (including phenoxy) is 2. The Balaban J connectivity index is 1.90. The van der Waals surface area contributed by atoms with Crippen LogP contribution in [0.4, 0.5) is 0 Å². The predicted octanol–water partition coefficient (Wildman–Crippen LogP) is 2.96. The van der Waals surface area contributed by atoms with E-state index in [1.165, 1.54) is 14.2 Å². The summed E-state index contributed by atoms with van der Waals surface area (Å²) in [5.74, 6) is 0.307. The molecule has 0 bridgehead atoms. The third kappa shape index (κ3) is 5.13. The second kappa shape index (κ2) is 9.10. The van der Waals surface area contributed by atoms with Gasteiger partial charge in [0.25, 0.3) is 5.91 Å². The Kier molecular flexibility index (Phi) is 6.86. The molecule has 26 heavy (non-hydrogen) atoms. The Labute approximate surface area is 157 Å². The Bertz CT molecular complexity index is 778. The van der Waals surface area contributed by atoms with Gasteiger partial charge in [-0.3, -0.25) is 9.59 Å². The number of methoxy groups -OCH3 is 2. The highest BCUT2D eigenvalue weighted by molar-refractivity contribution is 6.30. The maximum atomic E-state index is 12.2. The molecule has 1 unspecified atom stereocenters. The van der Waals surface area contributed by atoms with E-state index in [1.54, 1.807) is 30.3 Å². The summed E-state index contributed by atoms with van der Waals surface area (Å²) < 4.78 is 10.3. The number of carbonyl (C=O) groups is 2. The number of halogens is 1. The van der Waals surface area contributed by atoms with Gasteiger partial charge in [-0.25, -0.2) is 0 Å². The molecule has 0 heterocycles. The zero-order valence-corrected chi connectivity index (χ0v) is 15.6. The van der Waals surface area contributed by atoms with Gasteiger partial charge in [-0.2, -0.15) is 0 Å². The molecular weight excluding hydrogens is 356 g/mol. The first-order chi connectivity index (χ1) is 12.4. The summed E-state index contributed by atoms with van der Waals surface area (Å²) in [6.07, 6.45) is 0. The fourth-order valence-corrected chi connectivity index (χ4v) is 2.49. The van der Waals surface area contributed by atoms with Crippen molar-refractivity contribution in [2.75, 3.05) is 20.8 Å². The predicted molar refractivity (Wildman–Crippen MR) is 99.9 cm³/mol. The van der Waals surface area contributed by atoms with Crippen LogP contribution < -0.4 is 20.1 Å². The maximum absolute atomic E-state index is 12.2. The van der Waals surface area contributed by atoms with E-state index in [0.29, 0.717) is 22.1 Å². The van der Waals surface area contributed by atoms with E-state index in [0.717, 1.165) is 5.56 Å². The molecule has 2 N–H and O–H groups in total. The second-order valence-electron chi connectivity index (χ2n) is 5.59. The van der Waals surface area contributed by atoms with Crippen LogP contribution in [0.25, 0.3) is 0 Å². The first-order valence-corrected chi connectivity index (χ1v) is 8.37. The minimum absolute atomic E-state index is 0.134. The van der Waals surface area contributed by atoms with Crippen molar-refractivity contribution in [3.05, 3.63) is 58.6 Å². The minimum atomic E-state index is -0.375. The SMILES string of the molecule is COc1ccc(C(=O)NCC(=O)NC(C)c2ccc(Cl)cc2)cc1OC. The van der Waals surface area contributed by atoms with Crippen molar-refractivity contribution in [1.29, 1.82) is 0 Å². The smallest absolute Gasteiger partial charge is 0.251 e. The van der Waals surface area contributed by atoms with E-state index in [9.17, 15) is 9.59 Å². The lowest BCUT2D eigenvalue weighted by atomic mass is 10.1. The number of rotatable bonds is 7. The number of hydrogen-bond donors (Lipinski definition) is 2. The Morgan fingerprint density at radius 1 is 1.04 bits per heavy atom. The van der Waals surface area contributed by atoms with E-state index in [-0.39, 0.29) is 24.4 Å². The number of hydrogen-bond acceptors (Lipinski definition) is 4. The summed E-state index contributed by atoms with van der Waals surface area (Å²) in [5.41, 5.74) is 1.30. The van der Waals surface area contributed by atoms with Gasteiger partial charge in [0.05, 0.1) is 26.8 Å². The maximum Gasteiger partial charge on any atom is 0.251 e. The molecule has 2 aromatic carbocycles. The minimum Gasteiger partial charge on any atom is -0.493 e. The molecule has 0 aliphatic heterocycles. The summed E-state index contributed by atoms with van der Waals surface area (Å²) >= 11 is 5.85. The zero-order chi connectivity index (χ0) is 19.1. The third-order valence-electron chi connectivity index (χ3n) is 3.80. The lowest BCUT2D eigenvalue weighted by Gasteiger charge is -2.15. The summed E-state index contributed by atoms with van der Waals surface area (Å²) in [5, 5.41) is 6.04.